The second-order valence-corrected chi connectivity index (χ2v) is 19.8. The lowest BCUT2D eigenvalue weighted by molar-refractivity contribution is -0.458. The molecule has 0 aromatic heterocycles. The van der Waals surface area contributed by atoms with Crippen LogP contribution >= 0.6 is 7.37 Å². The molecule has 0 aromatic rings. The highest BCUT2D eigenvalue weighted by atomic mass is 32.2. The van der Waals surface area contributed by atoms with Gasteiger partial charge < -0.3 is 4.89 Å². The monoisotopic (exact) mass is 1200 g/mol. The molecule has 71 heavy (non-hydrogen) atoms. The van der Waals surface area contributed by atoms with E-state index in [1.54, 1.807) is 0 Å². The van der Waals surface area contributed by atoms with Gasteiger partial charge in [-0.3, -0.25) is 14.2 Å². The first-order chi connectivity index (χ1) is 30.1. The third kappa shape index (κ3) is 9.35. The van der Waals surface area contributed by atoms with Gasteiger partial charge >= 0.3 is 114 Å². The average Bonchev–Trinajstić information content (AvgIpc) is 3.12. The molecular formula is C24H15F34N2O8PS2. The van der Waals surface area contributed by atoms with Crippen LogP contribution in [0.15, 0.2) is 0 Å². The van der Waals surface area contributed by atoms with Crippen molar-refractivity contribution in [3.63, 3.8) is 0 Å². The minimum Gasteiger partial charge on any atom is -0.344 e. The molecule has 0 aromatic carbocycles. The van der Waals surface area contributed by atoms with Crippen molar-refractivity contribution >= 4 is 39.2 Å². The predicted octanol–water partition coefficient (Wildman–Crippen LogP) is 9.55. The predicted molar refractivity (Wildman–Crippen MR) is 154 cm³/mol. The number of carbonyl (C=O) groups is 2. The summed E-state index contributed by atoms with van der Waals surface area (Å²) >= 11 is 0. The topological polar surface area (TPSA) is 146 Å². The van der Waals surface area contributed by atoms with Gasteiger partial charge in [0.2, 0.25) is 19.2 Å². The number of sulfonamides is 2. The number of halogens is 34. The lowest BCUT2D eigenvalue weighted by Crippen LogP contribution is -2.75. The molecule has 0 unspecified atom stereocenters. The molecule has 0 saturated heterocycles. The summed E-state index contributed by atoms with van der Waals surface area (Å²) in [4.78, 5) is 33.4. The van der Waals surface area contributed by atoms with E-state index in [1.807, 2.05) is 0 Å². The van der Waals surface area contributed by atoms with Crippen molar-refractivity contribution in [2.75, 3.05) is 25.4 Å². The molecule has 0 spiro atoms. The van der Waals surface area contributed by atoms with Crippen molar-refractivity contribution in [3.05, 3.63) is 0 Å². The summed E-state index contributed by atoms with van der Waals surface area (Å²) in [5, 5.41) is -17.2. The van der Waals surface area contributed by atoms with Crippen LogP contribution in [-0.4, -0.2) is 161 Å². The number of carbonyl (C=O) groups excluding carboxylic acids is 2. The zero-order valence-electron chi connectivity index (χ0n) is 32.1. The molecule has 0 heterocycles. The Balaban J connectivity index is 7.26. The van der Waals surface area contributed by atoms with Gasteiger partial charge in [0, 0.05) is 39.3 Å². The largest absolute Gasteiger partial charge is 0.460 e. The third-order valence-corrected chi connectivity index (χ3v) is 14.3. The number of nitrogens with zero attached hydrogens (tertiary/aromatic N) is 2. The smallest absolute Gasteiger partial charge is 0.344 e. The van der Waals surface area contributed by atoms with Gasteiger partial charge in [0.1, 0.15) is 0 Å². The van der Waals surface area contributed by atoms with Crippen LogP contribution < -0.4 is 0 Å². The first-order valence-corrected chi connectivity index (χ1v) is 20.8. The molecular weight excluding hydrogens is 1190 g/mol. The van der Waals surface area contributed by atoms with E-state index in [1.165, 1.54) is 0 Å². The molecule has 0 saturated carbocycles. The molecule has 0 rings (SSSR count). The summed E-state index contributed by atoms with van der Waals surface area (Å²) in [6, 6.07) is 0. The van der Waals surface area contributed by atoms with E-state index in [0.29, 0.717) is 0 Å². The minimum atomic E-state index is -9.45. The van der Waals surface area contributed by atoms with E-state index in [2.05, 4.69) is 0 Å². The number of hydrogen-bond donors (Lipinski definition) is 1. The standard InChI is InChI=1S/C24H15F34N2O8PS2/c1-7(61)59(70(65,66)23(55,56)19(45,46)15(37,38)11(29,30)9(25,26)13(33,34)17(41,42)21(49,50)51)3-5-69(63,64)6-4-60(8(2)62)71(67,68)24(57,58)20(47,48)16(39,40)12(31,32)10(27,28)14(35,36)18(43,44)22(52,53)54/h3-6H2,1-2H3,(H,63,64). The number of rotatable bonds is 22. The van der Waals surface area contributed by atoms with Gasteiger partial charge in [-0.15, -0.1) is 0 Å². The maximum absolute atomic E-state index is 14.7. The fourth-order valence-electron chi connectivity index (χ4n) is 4.40. The normalized spacial score (nSPS) is 16.3. The number of amides is 2. The Morgan fingerprint density at radius 3 is 0.662 bits per heavy atom. The van der Waals surface area contributed by atoms with Crippen LogP contribution in [0.1, 0.15) is 13.8 Å². The van der Waals surface area contributed by atoms with Gasteiger partial charge in [0.15, 0.2) is 0 Å². The van der Waals surface area contributed by atoms with Crippen molar-refractivity contribution < 1.29 is 185 Å². The van der Waals surface area contributed by atoms with Gasteiger partial charge in [0.25, 0.3) is 0 Å². The Morgan fingerprint density at radius 1 is 0.352 bits per heavy atom. The van der Waals surface area contributed by atoms with Crippen LogP contribution in [-0.2, 0) is 34.2 Å². The third-order valence-electron chi connectivity index (χ3n) is 8.62. The van der Waals surface area contributed by atoms with E-state index in [-0.39, 0.29) is 0 Å². The second kappa shape index (κ2) is 17.9. The Morgan fingerprint density at radius 2 is 0.507 bits per heavy atom. The number of hydrogen-bond acceptors (Lipinski definition) is 7. The highest BCUT2D eigenvalue weighted by molar-refractivity contribution is 7.91. The van der Waals surface area contributed by atoms with E-state index < -0.39 is 181 Å². The maximum atomic E-state index is 14.7. The Hall–Kier alpha value is -3.35. The number of alkyl halides is 34. The second-order valence-electron chi connectivity index (χ2n) is 13.4. The molecule has 0 aliphatic rings. The van der Waals surface area contributed by atoms with E-state index in [4.69, 9.17) is 0 Å². The average molecular weight is 1200 g/mol. The molecule has 0 atom stereocenters. The molecule has 47 heteroatoms. The van der Waals surface area contributed by atoms with Crippen molar-refractivity contribution in [3.8, 4) is 0 Å². The molecule has 0 aliphatic heterocycles. The van der Waals surface area contributed by atoms with Gasteiger partial charge in [-0.05, 0) is 0 Å². The molecule has 0 aliphatic carbocycles. The van der Waals surface area contributed by atoms with Gasteiger partial charge in [-0.2, -0.15) is 166 Å². The molecule has 2 amide bonds. The fraction of sp³-hybridized carbons (Fsp3) is 0.917. The zero-order chi connectivity index (χ0) is 58.6. The zero-order valence-corrected chi connectivity index (χ0v) is 34.7. The molecule has 0 fully saturated rings. The maximum Gasteiger partial charge on any atom is 0.460 e. The first kappa shape index (κ1) is 67.6. The summed E-state index contributed by atoms with van der Waals surface area (Å²) in [6.45, 7) is -7.34. The van der Waals surface area contributed by atoms with E-state index in [9.17, 15) is 185 Å². The molecule has 0 radical (unpaired) electrons. The fourth-order valence-corrected chi connectivity index (χ4v) is 8.72. The lowest BCUT2D eigenvalue weighted by atomic mass is 9.91. The van der Waals surface area contributed by atoms with E-state index in [0.717, 1.165) is 0 Å². The Kier molecular flexibility index (Phi) is 17.1. The SMILES string of the molecule is CC(=O)N(CCP(=O)(O)CCN(C(C)=O)S(=O)(=O)C(F)(F)C(F)(F)C(F)(F)C(F)(F)C(F)(F)C(F)(F)C(F)(F)C(F)(F)F)S(=O)(=O)C(F)(F)C(F)(F)C(F)(F)C(F)(F)C(F)(F)C(F)(F)C(F)(F)C(F)(F)F. The van der Waals surface area contributed by atoms with Crippen LogP contribution in [0.3, 0.4) is 0 Å². The summed E-state index contributed by atoms with van der Waals surface area (Å²) in [5.41, 5.74) is 0. The quantitative estimate of drug-likeness (QED) is 0.0834. The molecule has 0 bridgehead atoms. The van der Waals surface area contributed by atoms with Gasteiger partial charge in [0.05, 0.1) is 0 Å². The Labute approximate surface area is 366 Å². The summed E-state index contributed by atoms with van der Waals surface area (Å²) in [5.74, 6) is -116. The highest BCUT2D eigenvalue weighted by Gasteiger charge is 2.98. The van der Waals surface area contributed by atoms with Gasteiger partial charge in [-0.1, -0.05) is 0 Å². The minimum absolute atomic E-state index is 0.626. The van der Waals surface area contributed by atoms with Crippen LogP contribution in [0.25, 0.3) is 0 Å². The molecule has 424 valence electrons. The van der Waals surface area contributed by atoms with E-state index >= 15 is 0 Å². The van der Waals surface area contributed by atoms with Crippen LogP contribution in [0.4, 0.5) is 149 Å². The first-order valence-electron chi connectivity index (χ1n) is 15.9. The van der Waals surface area contributed by atoms with Crippen LogP contribution in [0.5, 0.6) is 0 Å². The summed E-state index contributed by atoms with van der Waals surface area (Å²) in [6.07, 6.45) is -22.1. The summed E-state index contributed by atoms with van der Waals surface area (Å²) < 4.78 is 520. The van der Waals surface area contributed by atoms with Crippen molar-refractivity contribution in [1.29, 1.82) is 0 Å². The Bertz CT molecular complexity index is 2140. The van der Waals surface area contributed by atoms with Crippen LogP contribution in [0.2, 0.25) is 0 Å². The van der Waals surface area contributed by atoms with Crippen molar-refractivity contribution in [1.82, 2.24) is 8.61 Å². The molecule has 1 N–H and O–H groups in total. The lowest BCUT2D eigenvalue weighted by Gasteiger charge is -2.43. The van der Waals surface area contributed by atoms with Crippen molar-refractivity contribution in [2.45, 2.75) is 108 Å². The van der Waals surface area contributed by atoms with Gasteiger partial charge in [-0.25, -0.2) is 8.61 Å². The summed E-state index contributed by atoms with van der Waals surface area (Å²) in [7, 11) is -23.9. The van der Waals surface area contributed by atoms with Crippen LogP contribution in [0, 0.1) is 0 Å². The molecule has 10 nitrogen and oxygen atoms in total. The van der Waals surface area contributed by atoms with Crippen molar-refractivity contribution in [2.24, 2.45) is 0 Å². The highest BCUT2D eigenvalue weighted by Crippen LogP contribution is 2.67.